The van der Waals surface area contributed by atoms with E-state index in [0.717, 1.165) is 31.6 Å². The first-order valence-corrected chi connectivity index (χ1v) is 8.73. The monoisotopic (exact) mass is 327 g/mol. The highest BCUT2D eigenvalue weighted by atomic mass is 16.5. The van der Waals surface area contributed by atoms with E-state index in [1.54, 1.807) is 19.2 Å². The van der Waals surface area contributed by atoms with Gasteiger partial charge >= 0.3 is 0 Å². The summed E-state index contributed by atoms with van der Waals surface area (Å²) in [7, 11) is 1.73. The zero-order valence-electron chi connectivity index (χ0n) is 14.3. The van der Waals surface area contributed by atoms with Crippen molar-refractivity contribution in [3.8, 4) is 6.07 Å². The summed E-state index contributed by atoms with van der Waals surface area (Å²) in [6.07, 6.45) is 3.98. The highest BCUT2D eigenvalue weighted by molar-refractivity contribution is 5.79. The third kappa shape index (κ3) is 3.95. The van der Waals surface area contributed by atoms with Gasteiger partial charge in [0.2, 0.25) is 5.91 Å². The standard InChI is InChI=1S/C19H25N3O2/c1-24-18-11-17(13-21-8-2-3-9-21)22(14-18)19(23)10-15-4-6-16(12-20)7-5-15/h4-7,17-18H,2-3,8-11,13-14H2,1H3/t17-,18-/m0/s1. The maximum atomic E-state index is 12.8. The number of nitrogens with zero attached hydrogens (tertiary/aromatic N) is 3. The molecule has 2 heterocycles. The van der Waals surface area contributed by atoms with Gasteiger partial charge in [0, 0.05) is 26.2 Å². The largest absolute Gasteiger partial charge is 0.380 e. The van der Waals surface area contributed by atoms with Gasteiger partial charge in [-0.25, -0.2) is 0 Å². The summed E-state index contributed by atoms with van der Waals surface area (Å²) in [5.74, 6) is 0.156. The molecule has 128 valence electrons. The van der Waals surface area contributed by atoms with Gasteiger partial charge in [0.1, 0.15) is 0 Å². The number of nitriles is 1. The van der Waals surface area contributed by atoms with Crippen LogP contribution in [0.25, 0.3) is 0 Å². The number of benzene rings is 1. The molecule has 0 radical (unpaired) electrons. The van der Waals surface area contributed by atoms with Gasteiger partial charge in [-0.2, -0.15) is 5.26 Å². The summed E-state index contributed by atoms with van der Waals surface area (Å²) in [6.45, 7) is 3.93. The zero-order chi connectivity index (χ0) is 16.9. The average molecular weight is 327 g/mol. The van der Waals surface area contributed by atoms with Crippen LogP contribution < -0.4 is 0 Å². The predicted molar refractivity (Wildman–Crippen MR) is 91.5 cm³/mol. The first-order valence-electron chi connectivity index (χ1n) is 8.73. The molecule has 2 aliphatic heterocycles. The van der Waals surface area contributed by atoms with E-state index in [0.29, 0.717) is 18.5 Å². The van der Waals surface area contributed by atoms with Crippen LogP contribution in [0.15, 0.2) is 24.3 Å². The van der Waals surface area contributed by atoms with E-state index >= 15 is 0 Å². The second-order valence-electron chi connectivity index (χ2n) is 6.79. The maximum Gasteiger partial charge on any atom is 0.227 e. The number of hydrogen-bond acceptors (Lipinski definition) is 4. The molecular formula is C19H25N3O2. The van der Waals surface area contributed by atoms with E-state index in [9.17, 15) is 4.79 Å². The SMILES string of the molecule is CO[C@H]1C[C@@H](CN2CCCC2)N(C(=O)Cc2ccc(C#N)cc2)C1. The van der Waals surface area contributed by atoms with Crippen molar-refractivity contribution in [3.63, 3.8) is 0 Å². The number of methoxy groups -OCH3 is 1. The first-order chi connectivity index (χ1) is 11.7. The van der Waals surface area contributed by atoms with Gasteiger partial charge in [0.25, 0.3) is 0 Å². The van der Waals surface area contributed by atoms with Crippen molar-refractivity contribution in [3.05, 3.63) is 35.4 Å². The van der Waals surface area contributed by atoms with Gasteiger partial charge in [0.05, 0.1) is 24.2 Å². The van der Waals surface area contributed by atoms with Gasteiger partial charge < -0.3 is 14.5 Å². The lowest BCUT2D eigenvalue weighted by Gasteiger charge is -2.28. The Hall–Kier alpha value is -1.90. The van der Waals surface area contributed by atoms with Crippen molar-refractivity contribution in [2.24, 2.45) is 0 Å². The van der Waals surface area contributed by atoms with Crippen LogP contribution >= 0.6 is 0 Å². The number of amides is 1. The Morgan fingerprint density at radius 1 is 1.29 bits per heavy atom. The molecule has 2 aliphatic rings. The lowest BCUT2D eigenvalue weighted by atomic mass is 10.1. The average Bonchev–Trinajstić information content (AvgIpc) is 3.25. The number of likely N-dealkylation sites (tertiary alicyclic amines) is 2. The molecule has 1 amide bonds. The molecule has 0 spiro atoms. The summed E-state index contributed by atoms with van der Waals surface area (Å²) in [6, 6.07) is 9.64. The third-order valence-corrected chi connectivity index (χ3v) is 5.14. The van der Waals surface area contributed by atoms with Crippen LogP contribution in [-0.2, 0) is 16.0 Å². The smallest absolute Gasteiger partial charge is 0.227 e. The normalized spacial score (nSPS) is 24.2. The second-order valence-corrected chi connectivity index (χ2v) is 6.79. The Kier molecular flexibility index (Phi) is 5.49. The molecule has 2 saturated heterocycles. The molecule has 2 atom stereocenters. The minimum absolute atomic E-state index is 0.141. The molecule has 1 aromatic rings. The van der Waals surface area contributed by atoms with E-state index in [-0.39, 0.29) is 18.1 Å². The van der Waals surface area contributed by atoms with Crippen LogP contribution in [0.2, 0.25) is 0 Å². The summed E-state index contributed by atoms with van der Waals surface area (Å²) >= 11 is 0. The molecule has 5 heteroatoms. The summed E-state index contributed by atoms with van der Waals surface area (Å²) < 4.78 is 5.52. The Morgan fingerprint density at radius 3 is 2.62 bits per heavy atom. The van der Waals surface area contributed by atoms with Crippen LogP contribution in [0, 0.1) is 11.3 Å². The highest BCUT2D eigenvalue weighted by Gasteiger charge is 2.36. The molecule has 0 aromatic heterocycles. The van der Waals surface area contributed by atoms with Crippen molar-refractivity contribution in [2.45, 2.75) is 37.8 Å². The van der Waals surface area contributed by atoms with Crippen LogP contribution in [0.4, 0.5) is 0 Å². The van der Waals surface area contributed by atoms with E-state index in [1.807, 2.05) is 17.0 Å². The molecule has 1 aromatic carbocycles. The molecule has 24 heavy (non-hydrogen) atoms. The number of ether oxygens (including phenoxy) is 1. The van der Waals surface area contributed by atoms with Gasteiger partial charge in [-0.1, -0.05) is 12.1 Å². The van der Waals surface area contributed by atoms with Crippen LogP contribution in [0.1, 0.15) is 30.4 Å². The summed E-state index contributed by atoms with van der Waals surface area (Å²) in [5.41, 5.74) is 1.58. The molecule has 0 N–H and O–H groups in total. The molecular weight excluding hydrogens is 302 g/mol. The highest BCUT2D eigenvalue weighted by Crippen LogP contribution is 2.23. The fourth-order valence-corrected chi connectivity index (χ4v) is 3.76. The summed E-state index contributed by atoms with van der Waals surface area (Å²) in [4.78, 5) is 17.3. The second kappa shape index (κ2) is 7.78. The van der Waals surface area contributed by atoms with Crippen LogP contribution in [0.3, 0.4) is 0 Å². The molecule has 3 rings (SSSR count). The molecule has 0 bridgehead atoms. The lowest BCUT2D eigenvalue weighted by Crippen LogP contribution is -2.43. The fourth-order valence-electron chi connectivity index (χ4n) is 3.76. The molecule has 0 aliphatic carbocycles. The van der Waals surface area contributed by atoms with Crippen molar-refractivity contribution in [1.82, 2.24) is 9.80 Å². The lowest BCUT2D eigenvalue weighted by molar-refractivity contribution is -0.131. The van der Waals surface area contributed by atoms with Crippen molar-refractivity contribution in [2.75, 3.05) is 33.3 Å². The Bertz CT molecular complexity index is 602. The molecule has 0 unspecified atom stereocenters. The minimum atomic E-state index is 0.141. The first kappa shape index (κ1) is 16.9. The fraction of sp³-hybridized carbons (Fsp3) is 0.579. The van der Waals surface area contributed by atoms with Gasteiger partial charge in [0.15, 0.2) is 0 Å². The number of rotatable bonds is 5. The molecule has 0 saturated carbocycles. The molecule has 2 fully saturated rings. The Morgan fingerprint density at radius 2 is 2.00 bits per heavy atom. The minimum Gasteiger partial charge on any atom is -0.380 e. The topological polar surface area (TPSA) is 56.6 Å². The quantitative estimate of drug-likeness (QED) is 0.828. The van der Waals surface area contributed by atoms with Gasteiger partial charge in [-0.15, -0.1) is 0 Å². The molecule has 5 nitrogen and oxygen atoms in total. The third-order valence-electron chi connectivity index (χ3n) is 5.14. The van der Waals surface area contributed by atoms with E-state index < -0.39 is 0 Å². The van der Waals surface area contributed by atoms with Crippen LogP contribution in [-0.4, -0.2) is 61.1 Å². The van der Waals surface area contributed by atoms with Gasteiger partial charge in [-0.3, -0.25) is 4.79 Å². The van der Waals surface area contributed by atoms with Gasteiger partial charge in [-0.05, 0) is 50.0 Å². The van der Waals surface area contributed by atoms with Crippen molar-refractivity contribution in [1.29, 1.82) is 5.26 Å². The van der Waals surface area contributed by atoms with E-state index in [4.69, 9.17) is 10.00 Å². The Balaban J connectivity index is 1.64. The van der Waals surface area contributed by atoms with Crippen molar-refractivity contribution >= 4 is 5.91 Å². The number of carbonyl (C=O) groups is 1. The number of carbonyl (C=O) groups excluding carboxylic acids is 1. The number of hydrogen-bond donors (Lipinski definition) is 0. The van der Waals surface area contributed by atoms with Crippen LogP contribution in [0.5, 0.6) is 0 Å². The Labute approximate surface area is 143 Å². The maximum absolute atomic E-state index is 12.8. The summed E-state index contributed by atoms with van der Waals surface area (Å²) in [5, 5.41) is 8.87. The van der Waals surface area contributed by atoms with E-state index in [1.165, 1.54) is 12.8 Å². The van der Waals surface area contributed by atoms with Crippen molar-refractivity contribution < 1.29 is 9.53 Å². The predicted octanol–water partition coefficient (Wildman–Crippen LogP) is 1.81. The van der Waals surface area contributed by atoms with E-state index in [2.05, 4.69) is 11.0 Å². The zero-order valence-corrected chi connectivity index (χ0v) is 14.3.